The fourth-order valence-corrected chi connectivity index (χ4v) is 3.54. The maximum Gasteiger partial charge on any atom is 0.199 e. The molecule has 1 rings (SSSR count). The van der Waals surface area contributed by atoms with E-state index in [9.17, 15) is 0 Å². The van der Waals surface area contributed by atoms with E-state index in [1.807, 2.05) is 18.2 Å². The van der Waals surface area contributed by atoms with Crippen LogP contribution in [0.1, 0.15) is 57.4 Å². The summed E-state index contributed by atoms with van der Waals surface area (Å²) in [6, 6.07) is 10.2. The number of methoxy groups -OCH3 is 2. The van der Waals surface area contributed by atoms with Gasteiger partial charge in [0.15, 0.2) is 5.79 Å². The minimum Gasteiger partial charge on any atom is -0.382 e. The van der Waals surface area contributed by atoms with Crippen LogP contribution in [0.25, 0.3) is 0 Å². The zero-order valence-electron chi connectivity index (χ0n) is 18.2. The first kappa shape index (κ1) is 25.1. The largest absolute Gasteiger partial charge is 0.382 e. The van der Waals surface area contributed by atoms with Crippen molar-refractivity contribution in [2.75, 3.05) is 47.2 Å². The van der Waals surface area contributed by atoms with Gasteiger partial charge in [0.05, 0.1) is 26.4 Å². The van der Waals surface area contributed by atoms with Gasteiger partial charge in [-0.05, 0) is 6.42 Å². The van der Waals surface area contributed by atoms with Crippen molar-refractivity contribution < 1.29 is 18.9 Å². The maximum absolute atomic E-state index is 6.37. The average molecular weight is 396 g/mol. The van der Waals surface area contributed by atoms with Gasteiger partial charge < -0.3 is 24.7 Å². The Morgan fingerprint density at radius 2 is 1.39 bits per heavy atom. The Bertz CT molecular complexity index is 459. The lowest BCUT2D eigenvalue weighted by atomic mass is 9.86. The third kappa shape index (κ3) is 8.58. The Morgan fingerprint density at radius 3 is 1.93 bits per heavy atom. The molecule has 1 aromatic rings. The van der Waals surface area contributed by atoms with Crippen LogP contribution in [0.4, 0.5) is 0 Å². The minimum atomic E-state index is -0.878. The topological polar surface area (TPSA) is 62.9 Å². The van der Waals surface area contributed by atoms with E-state index in [4.69, 9.17) is 24.7 Å². The SMILES string of the molecule is CCCCCCCCC(CN)C(OCCOC)(OCCOC)c1ccccc1. The molecule has 28 heavy (non-hydrogen) atoms. The monoisotopic (exact) mass is 395 g/mol. The molecular weight excluding hydrogens is 354 g/mol. The summed E-state index contributed by atoms with van der Waals surface area (Å²) in [5, 5.41) is 0. The highest BCUT2D eigenvalue weighted by Crippen LogP contribution is 2.38. The summed E-state index contributed by atoms with van der Waals surface area (Å²) in [4.78, 5) is 0. The predicted octanol–water partition coefficient (Wildman–Crippen LogP) is 4.49. The van der Waals surface area contributed by atoms with E-state index in [0.717, 1.165) is 18.4 Å². The van der Waals surface area contributed by atoms with Crippen molar-refractivity contribution in [2.24, 2.45) is 11.7 Å². The van der Waals surface area contributed by atoms with Gasteiger partial charge in [-0.15, -0.1) is 0 Å². The van der Waals surface area contributed by atoms with Crippen LogP contribution in [-0.2, 0) is 24.7 Å². The Labute approximate surface area is 171 Å². The Kier molecular flexibility index (Phi) is 14.2. The third-order valence-corrected chi connectivity index (χ3v) is 5.11. The van der Waals surface area contributed by atoms with Gasteiger partial charge in [0.25, 0.3) is 0 Å². The highest BCUT2D eigenvalue weighted by Gasteiger charge is 2.42. The van der Waals surface area contributed by atoms with Crippen LogP contribution in [0, 0.1) is 5.92 Å². The van der Waals surface area contributed by atoms with Crippen LogP contribution >= 0.6 is 0 Å². The summed E-state index contributed by atoms with van der Waals surface area (Å²) < 4.78 is 23.2. The van der Waals surface area contributed by atoms with Gasteiger partial charge in [0, 0.05) is 32.2 Å². The number of hydrogen-bond donors (Lipinski definition) is 1. The van der Waals surface area contributed by atoms with Crippen LogP contribution in [0.3, 0.4) is 0 Å². The molecular formula is C23H41NO4. The van der Waals surface area contributed by atoms with Gasteiger partial charge >= 0.3 is 0 Å². The maximum atomic E-state index is 6.37. The first-order valence-corrected chi connectivity index (χ1v) is 10.8. The molecule has 0 aromatic heterocycles. The number of nitrogens with two attached hydrogens (primary N) is 1. The molecule has 5 heteroatoms. The summed E-state index contributed by atoms with van der Waals surface area (Å²) in [7, 11) is 3.35. The average Bonchev–Trinajstić information content (AvgIpc) is 2.73. The molecule has 0 radical (unpaired) electrons. The van der Waals surface area contributed by atoms with E-state index < -0.39 is 5.79 Å². The Morgan fingerprint density at radius 1 is 0.821 bits per heavy atom. The standard InChI is InChI=1S/C23H41NO4/c1-4-5-6-7-8-10-15-22(20-24)23(27-18-16-25-2,28-19-17-26-3)21-13-11-9-12-14-21/h9,11-14,22H,4-8,10,15-20,24H2,1-3H3. The second kappa shape index (κ2) is 15.9. The van der Waals surface area contributed by atoms with E-state index in [2.05, 4.69) is 19.1 Å². The van der Waals surface area contributed by atoms with Crippen LogP contribution in [-0.4, -0.2) is 47.2 Å². The fraction of sp³-hybridized carbons (Fsp3) is 0.739. The third-order valence-electron chi connectivity index (χ3n) is 5.11. The summed E-state index contributed by atoms with van der Waals surface area (Å²) in [5.41, 5.74) is 7.25. The number of ether oxygens (including phenoxy) is 4. The first-order valence-electron chi connectivity index (χ1n) is 10.8. The first-order chi connectivity index (χ1) is 13.7. The summed E-state index contributed by atoms with van der Waals surface area (Å²) in [5.74, 6) is -0.814. The minimum absolute atomic E-state index is 0.0646. The van der Waals surface area contributed by atoms with Crippen LogP contribution < -0.4 is 5.73 Å². The number of hydrogen-bond acceptors (Lipinski definition) is 5. The summed E-state index contributed by atoms with van der Waals surface area (Å²) in [6.45, 7) is 4.67. The molecule has 1 atom stereocenters. The lowest BCUT2D eigenvalue weighted by Gasteiger charge is -2.40. The molecule has 0 amide bonds. The molecule has 0 saturated carbocycles. The molecule has 0 fully saturated rings. The predicted molar refractivity (Wildman–Crippen MR) is 114 cm³/mol. The second-order valence-electron chi connectivity index (χ2n) is 7.21. The second-order valence-corrected chi connectivity index (χ2v) is 7.21. The van der Waals surface area contributed by atoms with E-state index in [-0.39, 0.29) is 5.92 Å². The van der Waals surface area contributed by atoms with E-state index >= 15 is 0 Å². The molecule has 0 aliphatic carbocycles. The molecule has 0 saturated heterocycles. The van der Waals surface area contributed by atoms with Crippen molar-refractivity contribution in [1.82, 2.24) is 0 Å². The number of benzene rings is 1. The van der Waals surface area contributed by atoms with Crippen molar-refractivity contribution in [2.45, 2.75) is 57.7 Å². The number of unbranched alkanes of at least 4 members (excludes halogenated alkanes) is 5. The van der Waals surface area contributed by atoms with Crippen molar-refractivity contribution >= 4 is 0 Å². The quantitative estimate of drug-likeness (QED) is 0.293. The lowest BCUT2D eigenvalue weighted by Crippen LogP contribution is -2.45. The molecule has 162 valence electrons. The summed E-state index contributed by atoms with van der Waals surface area (Å²) >= 11 is 0. The molecule has 0 aliphatic rings. The number of rotatable bonds is 18. The van der Waals surface area contributed by atoms with Crippen molar-refractivity contribution in [3.8, 4) is 0 Å². The highest BCUT2D eigenvalue weighted by atomic mass is 16.7. The van der Waals surface area contributed by atoms with Crippen LogP contribution in [0.2, 0.25) is 0 Å². The van der Waals surface area contributed by atoms with Crippen molar-refractivity contribution in [1.29, 1.82) is 0 Å². The van der Waals surface area contributed by atoms with Crippen LogP contribution in [0.5, 0.6) is 0 Å². The van der Waals surface area contributed by atoms with Crippen molar-refractivity contribution in [3.05, 3.63) is 35.9 Å². The van der Waals surface area contributed by atoms with Gasteiger partial charge in [0.2, 0.25) is 0 Å². The van der Waals surface area contributed by atoms with Gasteiger partial charge in [-0.2, -0.15) is 0 Å². The Balaban J connectivity index is 2.94. The van der Waals surface area contributed by atoms with Gasteiger partial charge in [0.1, 0.15) is 0 Å². The summed E-state index contributed by atoms with van der Waals surface area (Å²) in [6.07, 6.45) is 8.48. The molecule has 1 unspecified atom stereocenters. The molecule has 0 spiro atoms. The van der Waals surface area contributed by atoms with Crippen molar-refractivity contribution in [3.63, 3.8) is 0 Å². The molecule has 2 N–H and O–H groups in total. The molecule has 1 aromatic carbocycles. The van der Waals surface area contributed by atoms with Gasteiger partial charge in [-0.25, -0.2) is 0 Å². The van der Waals surface area contributed by atoms with E-state index in [0.29, 0.717) is 33.0 Å². The fourth-order valence-electron chi connectivity index (χ4n) is 3.54. The zero-order valence-corrected chi connectivity index (χ0v) is 18.2. The highest BCUT2D eigenvalue weighted by molar-refractivity contribution is 5.21. The van der Waals surface area contributed by atoms with E-state index in [1.54, 1.807) is 14.2 Å². The molecule has 0 bridgehead atoms. The normalized spacial score (nSPS) is 13.0. The molecule has 0 heterocycles. The van der Waals surface area contributed by atoms with Gasteiger partial charge in [-0.3, -0.25) is 0 Å². The lowest BCUT2D eigenvalue weighted by molar-refractivity contribution is -0.283. The van der Waals surface area contributed by atoms with Crippen LogP contribution in [0.15, 0.2) is 30.3 Å². The zero-order chi connectivity index (χ0) is 20.5. The Hall–Kier alpha value is -0.980. The van der Waals surface area contributed by atoms with Gasteiger partial charge in [-0.1, -0.05) is 75.8 Å². The molecule has 5 nitrogen and oxygen atoms in total. The molecule has 0 aliphatic heterocycles. The smallest absolute Gasteiger partial charge is 0.199 e. The van der Waals surface area contributed by atoms with E-state index in [1.165, 1.54) is 32.1 Å².